The number of aliphatic hydroxyl groups is 1. The van der Waals surface area contributed by atoms with Gasteiger partial charge in [-0.3, -0.25) is 9.59 Å². The van der Waals surface area contributed by atoms with Crippen LogP contribution >= 0.6 is 0 Å². The number of carbonyl (C=O) groups is 2. The highest BCUT2D eigenvalue weighted by Crippen LogP contribution is 2.05. The summed E-state index contributed by atoms with van der Waals surface area (Å²) in [5.41, 5.74) is 6.34. The summed E-state index contributed by atoms with van der Waals surface area (Å²) in [6.07, 6.45) is 3.45. The third kappa shape index (κ3) is 6.20. The largest absolute Gasteiger partial charge is 0.396 e. The van der Waals surface area contributed by atoms with Crippen LogP contribution < -0.4 is 11.1 Å². The van der Waals surface area contributed by atoms with Crippen LogP contribution in [-0.4, -0.2) is 43.3 Å². The van der Waals surface area contributed by atoms with E-state index in [2.05, 4.69) is 5.32 Å². The molecule has 0 spiro atoms. The van der Waals surface area contributed by atoms with Crippen molar-refractivity contribution in [1.82, 2.24) is 5.32 Å². The normalized spacial score (nSPS) is 12.3. The van der Waals surface area contributed by atoms with E-state index in [0.717, 1.165) is 5.56 Å². The van der Waals surface area contributed by atoms with Crippen LogP contribution in [0.4, 0.5) is 0 Å². The molecule has 114 valence electrons. The molecule has 2 amide bonds. The first-order chi connectivity index (χ1) is 10.1. The van der Waals surface area contributed by atoms with Gasteiger partial charge in [0.1, 0.15) is 0 Å². The van der Waals surface area contributed by atoms with Gasteiger partial charge < -0.3 is 20.9 Å². The predicted molar refractivity (Wildman–Crippen MR) is 79.5 cm³/mol. The van der Waals surface area contributed by atoms with Crippen LogP contribution in [0.2, 0.25) is 0 Å². The maximum absolute atomic E-state index is 11.7. The molecular weight excluding hydrogens is 272 g/mol. The Kier molecular flexibility index (Phi) is 7.14. The summed E-state index contributed by atoms with van der Waals surface area (Å²) in [7, 11) is 1.53. The van der Waals surface area contributed by atoms with E-state index in [1.54, 1.807) is 30.3 Å². The summed E-state index contributed by atoms with van der Waals surface area (Å²) in [5.74, 6) is -0.765. The summed E-state index contributed by atoms with van der Waals surface area (Å²) in [5, 5.41) is 11.6. The topological polar surface area (TPSA) is 102 Å². The highest BCUT2D eigenvalue weighted by atomic mass is 16.5. The molecule has 0 aliphatic carbocycles. The Bertz CT molecular complexity index is 491. The molecule has 0 saturated carbocycles. The Morgan fingerprint density at radius 2 is 2.05 bits per heavy atom. The van der Waals surface area contributed by atoms with E-state index in [9.17, 15) is 9.59 Å². The minimum absolute atomic E-state index is 0.0212. The maximum atomic E-state index is 11.7. The number of amides is 2. The number of nitrogens with two attached hydrogens (primary N) is 1. The van der Waals surface area contributed by atoms with Crippen molar-refractivity contribution >= 4 is 17.9 Å². The molecule has 4 N–H and O–H groups in total. The first kappa shape index (κ1) is 16.9. The van der Waals surface area contributed by atoms with Gasteiger partial charge in [0.05, 0.1) is 12.6 Å². The number of benzene rings is 1. The summed E-state index contributed by atoms with van der Waals surface area (Å²) < 4.78 is 4.96. The number of aliphatic hydroxyl groups excluding tert-OH is 1. The molecule has 0 aromatic heterocycles. The molecule has 1 rings (SSSR count). The number of ether oxygens (including phenoxy) is 1. The lowest BCUT2D eigenvalue weighted by molar-refractivity contribution is -0.117. The van der Waals surface area contributed by atoms with E-state index in [1.165, 1.54) is 13.2 Å². The van der Waals surface area contributed by atoms with Gasteiger partial charge in [0.15, 0.2) is 0 Å². The lowest BCUT2D eigenvalue weighted by atomic mass is 10.1. The molecule has 6 heteroatoms. The van der Waals surface area contributed by atoms with Crippen molar-refractivity contribution in [3.8, 4) is 0 Å². The van der Waals surface area contributed by atoms with Gasteiger partial charge in [-0.1, -0.05) is 12.1 Å². The molecule has 1 unspecified atom stereocenters. The smallest absolute Gasteiger partial charge is 0.248 e. The molecule has 1 aromatic rings. The molecule has 0 fully saturated rings. The van der Waals surface area contributed by atoms with Crippen LogP contribution in [-0.2, 0) is 9.53 Å². The molecule has 6 nitrogen and oxygen atoms in total. The zero-order valence-electron chi connectivity index (χ0n) is 11.9. The minimum atomic E-state index is -0.491. The van der Waals surface area contributed by atoms with Crippen molar-refractivity contribution in [2.75, 3.05) is 20.3 Å². The molecule has 1 atom stereocenters. The average Bonchev–Trinajstić information content (AvgIpc) is 2.46. The second kappa shape index (κ2) is 8.89. The highest BCUT2D eigenvalue weighted by molar-refractivity contribution is 5.94. The fourth-order valence-corrected chi connectivity index (χ4v) is 1.73. The van der Waals surface area contributed by atoms with E-state index in [-0.39, 0.29) is 18.6 Å². The average molecular weight is 292 g/mol. The Morgan fingerprint density at radius 1 is 1.38 bits per heavy atom. The van der Waals surface area contributed by atoms with E-state index in [1.807, 2.05) is 0 Å². The van der Waals surface area contributed by atoms with Gasteiger partial charge in [0.25, 0.3) is 0 Å². The van der Waals surface area contributed by atoms with Crippen molar-refractivity contribution in [3.05, 3.63) is 41.5 Å². The molecule has 0 bridgehead atoms. The lowest BCUT2D eigenvalue weighted by Crippen LogP contribution is -2.37. The summed E-state index contributed by atoms with van der Waals surface area (Å²) in [6.45, 7) is 0.319. The second-order valence-corrected chi connectivity index (χ2v) is 4.49. The molecule has 0 aliphatic rings. The third-order valence-electron chi connectivity index (χ3n) is 2.81. The number of hydrogen-bond acceptors (Lipinski definition) is 4. The minimum Gasteiger partial charge on any atom is -0.396 e. The van der Waals surface area contributed by atoms with E-state index >= 15 is 0 Å². The third-order valence-corrected chi connectivity index (χ3v) is 2.81. The van der Waals surface area contributed by atoms with E-state index in [0.29, 0.717) is 18.6 Å². The lowest BCUT2D eigenvalue weighted by Gasteiger charge is -2.15. The SMILES string of the molecule is COCC(CCO)NC(=O)/C=C/c1ccc(C(N)=O)cc1. The second-order valence-electron chi connectivity index (χ2n) is 4.49. The van der Waals surface area contributed by atoms with Gasteiger partial charge in [0.2, 0.25) is 11.8 Å². The fourth-order valence-electron chi connectivity index (χ4n) is 1.73. The van der Waals surface area contributed by atoms with Crippen molar-refractivity contribution in [3.63, 3.8) is 0 Å². The van der Waals surface area contributed by atoms with E-state index < -0.39 is 5.91 Å². The summed E-state index contributed by atoms with van der Waals surface area (Å²) in [6, 6.07) is 6.36. The van der Waals surface area contributed by atoms with Gasteiger partial charge in [-0.2, -0.15) is 0 Å². The van der Waals surface area contributed by atoms with Gasteiger partial charge in [0, 0.05) is 25.4 Å². The maximum Gasteiger partial charge on any atom is 0.248 e. The first-order valence-electron chi connectivity index (χ1n) is 6.55. The predicted octanol–water partition coefficient (Wildman–Crippen LogP) is 0.312. The van der Waals surface area contributed by atoms with Crippen molar-refractivity contribution in [2.24, 2.45) is 5.73 Å². The van der Waals surface area contributed by atoms with Crippen LogP contribution in [0.25, 0.3) is 6.08 Å². The van der Waals surface area contributed by atoms with Crippen LogP contribution in [0.1, 0.15) is 22.3 Å². The number of hydrogen-bond donors (Lipinski definition) is 3. The Balaban J connectivity index is 2.58. The van der Waals surface area contributed by atoms with Crippen LogP contribution in [0.5, 0.6) is 0 Å². The standard InChI is InChI=1S/C15H20N2O4/c1-21-10-13(8-9-18)17-14(19)7-4-11-2-5-12(6-3-11)15(16)20/h2-7,13,18H,8-10H2,1H3,(H2,16,20)(H,17,19)/b7-4+. The van der Waals surface area contributed by atoms with Crippen LogP contribution in [0.15, 0.2) is 30.3 Å². The Morgan fingerprint density at radius 3 is 2.57 bits per heavy atom. The number of rotatable bonds is 8. The Labute approximate surface area is 123 Å². The van der Waals surface area contributed by atoms with Gasteiger partial charge in [-0.25, -0.2) is 0 Å². The highest BCUT2D eigenvalue weighted by Gasteiger charge is 2.09. The Hall–Kier alpha value is -2.18. The molecule has 21 heavy (non-hydrogen) atoms. The molecule has 0 radical (unpaired) electrons. The van der Waals surface area contributed by atoms with Crippen molar-refractivity contribution in [1.29, 1.82) is 0 Å². The zero-order chi connectivity index (χ0) is 15.7. The molecule has 0 aliphatic heterocycles. The molecular formula is C15H20N2O4. The quantitative estimate of drug-likeness (QED) is 0.600. The molecule has 1 aromatic carbocycles. The van der Waals surface area contributed by atoms with Gasteiger partial charge in [-0.05, 0) is 30.2 Å². The van der Waals surface area contributed by atoms with Gasteiger partial charge in [-0.15, -0.1) is 0 Å². The fraction of sp³-hybridized carbons (Fsp3) is 0.333. The van der Waals surface area contributed by atoms with Crippen LogP contribution in [0, 0.1) is 0 Å². The molecule has 0 heterocycles. The first-order valence-corrected chi connectivity index (χ1v) is 6.55. The monoisotopic (exact) mass is 292 g/mol. The van der Waals surface area contributed by atoms with Crippen molar-refractivity contribution < 1.29 is 19.4 Å². The number of carbonyl (C=O) groups excluding carboxylic acids is 2. The summed E-state index contributed by atoms with van der Waals surface area (Å²) >= 11 is 0. The number of methoxy groups -OCH3 is 1. The zero-order valence-corrected chi connectivity index (χ0v) is 11.9. The molecule has 0 saturated heterocycles. The van der Waals surface area contributed by atoms with Crippen LogP contribution in [0.3, 0.4) is 0 Å². The number of primary amides is 1. The van der Waals surface area contributed by atoms with Gasteiger partial charge >= 0.3 is 0 Å². The van der Waals surface area contributed by atoms with Crippen molar-refractivity contribution in [2.45, 2.75) is 12.5 Å². The van der Waals surface area contributed by atoms with E-state index in [4.69, 9.17) is 15.6 Å². The summed E-state index contributed by atoms with van der Waals surface area (Å²) in [4.78, 5) is 22.7. The number of nitrogens with one attached hydrogen (secondary N) is 1.